The minimum Gasteiger partial charge on any atom is -0.349 e. The van der Waals surface area contributed by atoms with Gasteiger partial charge in [0, 0.05) is 24.2 Å². The highest BCUT2D eigenvalue weighted by Crippen LogP contribution is 2.38. The Labute approximate surface area is 107 Å². The number of H-pyrrole nitrogens is 1. The van der Waals surface area contributed by atoms with E-state index in [2.05, 4.69) is 20.8 Å². The van der Waals surface area contributed by atoms with E-state index in [0.29, 0.717) is 18.2 Å². The zero-order valence-electron chi connectivity index (χ0n) is 10.1. The van der Waals surface area contributed by atoms with Crippen molar-refractivity contribution in [3.8, 4) is 0 Å². The summed E-state index contributed by atoms with van der Waals surface area (Å²) in [7, 11) is 1.87. The second-order valence-electron chi connectivity index (χ2n) is 4.38. The van der Waals surface area contributed by atoms with Crippen LogP contribution in [-0.4, -0.2) is 35.7 Å². The Hall–Kier alpha value is -1.07. The molecule has 1 heterocycles. The molecule has 2 rings (SSSR count). The smallest absolute Gasteiger partial charge is 0.271 e. The number of rotatable bonds is 5. The van der Waals surface area contributed by atoms with Crippen LogP contribution in [0.1, 0.15) is 41.9 Å². The molecule has 0 aliphatic heterocycles. The number of carbonyl (C=O) groups excluding carboxylic acids is 1. The fourth-order valence-electron chi connectivity index (χ4n) is 1.49. The largest absolute Gasteiger partial charge is 0.349 e. The van der Waals surface area contributed by atoms with Crippen LogP contribution < -0.4 is 10.6 Å². The topological polar surface area (TPSA) is 69.8 Å². The number of halogens is 1. The van der Waals surface area contributed by atoms with Crippen molar-refractivity contribution in [3.63, 3.8) is 0 Å². The Balaban J connectivity index is 0.00000144. The highest BCUT2D eigenvalue weighted by molar-refractivity contribution is 5.92. The maximum absolute atomic E-state index is 11.7. The predicted octanol–water partition coefficient (Wildman–Crippen LogP) is 1.05. The lowest BCUT2D eigenvalue weighted by molar-refractivity contribution is 0.0945. The molecule has 1 saturated carbocycles. The van der Waals surface area contributed by atoms with Crippen LogP contribution in [0, 0.1) is 0 Å². The Morgan fingerprint density at radius 3 is 2.94 bits per heavy atom. The third-order valence-corrected chi connectivity index (χ3v) is 2.91. The quantitative estimate of drug-likeness (QED) is 0.739. The summed E-state index contributed by atoms with van der Waals surface area (Å²) in [5.74, 6) is 0.496. The van der Waals surface area contributed by atoms with Crippen molar-refractivity contribution in [2.45, 2.75) is 31.7 Å². The van der Waals surface area contributed by atoms with Gasteiger partial charge in [0.2, 0.25) is 0 Å². The summed E-state index contributed by atoms with van der Waals surface area (Å²) in [5.41, 5.74) is 1.58. The molecule has 1 aliphatic carbocycles. The van der Waals surface area contributed by atoms with E-state index in [1.807, 2.05) is 20.0 Å². The third kappa shape index (κ3) is 3.71. The van der Waals surface area contributed by atoms with Crippen molar-refractivity contribution < 1.29 is 4.79 Å². The van der Waals surface area contributed by atoms with Crippen LogP contribution in [0.4, 0.5) is 0 Å². The summed E-state index contributed by atoms with van der Waals surface area (Å²) in [6.45, 7) is 2.63. The summed E-state index contributed by atoms with van der Waals surface area (Å²) < 4.78 is 0. The normalized spacial score (nSPS) is 16.1. The number of carbonyl (C=O) groups is 1. The maximum atomic E-state index is 11.7. The van der Waals surface area contributed by atoms with E-state index in [-0.39, 0.29) is 24.4 Å². The second kappa shape index (κ2) is 6.02. The molecule has 0 saturated heterocycles. The lowest BCUT2D eigenvalue weighted by Gasteiger charge is -2.09. The highest BCUT2D eigenvalue weighted by Gasteiger charge is 2.26. The summed E-state index contributed by atoms with van der Waals surface area (Å²) in [6, 6.07) is 2.13. The van der Waals surface area contributed by atoms with Crippen molar-refractivity contribution >= 4 is 18.3 Å². The van der Waals surface area contributed by atoms with Crippen LogP contribution in [-0.2, 0) is 0 Å². The summed E-state index contributed by atoms with van der Waals surface area (Å²) in [4.78, 5) is 11.7. The Kier molecular flexibility index (Phi) is 4.96. The van der Waals surface area contributed by atoms with Gasteiger partial charge in [-0.05, 0) is 32.9 Å². The molecule has 0 aromatic carbocycles. The van der Waals surface area contributed by atoms with E-state index in [4.69, 9.17) is 0 Å². The van der Waals surface area contributed by atoms with Gasteiger partial charge in [-0.1, -0.05) is 0 Å². The molecule has 17 heavy (non-hydrogen) atoms. The summed E-state index contributed by atoms with van der Waals surface area (Å²) >= 11 is 0. The minimum atomic E-state index is -0.106. The molecule has 96 valence electrons. The average molecular weight is 259 g/mol. The van der Waals surface area contributed by atoms with E-state index >= 15 is 0 Å². The van der Waals surface area contributed by atoms with Crippen molar-refractivity contribution in [1.29, 1.82) is 0 Å². The molecular formula is C11H19ClN4O. The third-order valence-electron chi connectivity index (χ3n) is 2.91. The fraction of sp³-hybridized carbons (Fsp3) is 0.636. The first-order chi connectivity index (χ1) is 7.70. The molecule has 1 fully saturated rings. The van der Waals surface area contributed by atoms with E-state index in [1.165, 1.54) is 12.8 Å². The van der Waals surface area contributed by atoms with E-state index in [9.17, 15) is 4.79 Å². The number of hydrogen-bond donors (Lipinski definition) is 3. The highest BCUT2D eigenvalue weighted by atomic mass is 35.5. The van der Waals surface area contributed by atoms with Crippen LogP contribution in [0.25, 0.3) is 0 Å². The van der Waals surface area contributed by atoms with Gasteiger partial charge >= 0.3 is 0 Å². The standard InChI is InChI=1S/C11H18N4O.ClH/c1-7(12-2)6-13-11(16)10-5-9(14-15-10)8-3-4-8;/h5,7-8,12H,3-4,6H2,1-2H3,(H,13,16)(H,14,15);1H. The second-order valence-corrected chi connectivity index (χ2v) is 4.38. The van der Waals surface area contributed by atoms with E-state index in [1.54, 1.807) is 0 Å². The first kappa shape index (κ1) is 14.0. The lowest BCUT2D eigenvalue weighted by Crippen LogP contribution is -2.37. The molecule has 1 amide bonds. The first-order valence-corrected chi connectivity index (χ1v) is 5.71. The Bertz CT molecular complexity index is 375. The van der Waals surface area contributed by atoms with Gasteiger partial charge in [-0.2, -0.15) is 5.10 Å². The number of aromatic amines is 1. The molecule has 5 nitrogen and oxygen atoms in total. The molecule has 1 aromatic rings. The predicted molar refractivity (Wildman–Crippen MR) is 68.7 cm³/mol. The Morgan fingerprint density at radius 2 is 2.35 bits per heavy atom. The lowest BCUT2D eigenvalue weighted by atomic mass is 10.2. The van der Waals surface area contributed by atoms with Crippen molar-refractivity contribution in [2.24, 2.45) is 0 Å². The number of nitrogens with one attached hydrogen (secondary N) is 3. The summed E-state index contributed by atoms with van der Waals surface area (Å²) in [6.07, 6.45) is 2.42. The van der Waals surface area contributed by atoms with Gasteiger partial charge in [-0.25, -0.2) is 0 Å². The zero-order chi connectivity index (χ0) is 11.5. The molecule has 0 spiro atoms. The van der Waals surface area contributed by atoms with Crippen LogP contribution in [0.2, 0.25) is 0 Å². The van der Waals surface area contributed by atoms with Crippen molar-refractivity contribution in [1.82, 2.24) is 20.8 Å². The number of aromatic nitrogens is 2. The molecule has 1 unspecified atom stereocenters. The monoisotopic (exact) mass is 258 g/mol. The van der Waals surface area contributed by atoms with E-state index in [0.717, 1.165) is 5.69 Å². The van der Waals surface area contributed by atoms with Crippen LogP contribution in [0.15, 0.2) is 6.07 Å². The number of nitrogens with zero attached hydrogens (tertiary/aromatic N) is 1. The van der Waals surface area contributed by atoms with Crippen LogP contribution in [0.3, 0.4) is 0 Å². The molecule has 6 heteroatoms. The van der Waals surface area contributed by atoms with Gasteiger partial charge in [-0.3, -0.25) is 9.89 Å². The number of hydrogen-bond acceptors (Lipinski definition) is 3. The zero-order valence-corrected chi connectivity index (χ0v) is 10.9. The molecule has 1 aromatic heterocycles. The van der Waals surface area contributed by atoms with E-state index < -0.39 is 0 Å². The van der Waals surface area contributed by atoms with Crippen LogP contribution in [0.5, 0.6) is 0 Å². The molecule has 3 N–H and O–H groups in total. The van der Waals surface area contributed by atoms with Gasteiger partial charge in [0.1, 0.15) is 5.69 Å². The van der Waals surface area contributed by atoms with Gasteiger partial charge in [0.15, 0.2) is 0 Å². The Morgan fingerprint density at radius 1 is 1.65 bits per heavy atom. The SMILES string of the molecule is CNC(C)CNC(=O)c1cc(C2CC2)[nH]n1.Cl. The van der Waals surface area contributed by atoms with Crippen LogP contribution >= 0.6 is 12.4 Å². The van der Waals surface area contributed by atoms with Gasteiger partial charge in [0.25, 0.3) is 5.91 Å². The minimum absolute atomic E-state index is 0. The van der Waals surface area contributed by atoms with Gasteiger partial charge in [-0.15, -0.1) is 12.4 Å². The average Bonchev–Trinajstić information content (AvgIpc) is 3.03. The number of amides is 1. The first-order valence-electron chi connectivity index (χ1n) is 5.71. The number of likely N-dealkylation sites (N-methyl/N-ethyl adjacent to an activating group) is 1. The van der Waals surface area contributed by atoms with Crippen molar-refractivity contribution in [3.05, 3.63) is 17.5 Å². The molecule has 1 aliphatic rings. The fourth-order valence-corrected chi connectivity index (χ4v) is 1.49. The molecule has 0 bridgehead atoms. The maximum Gasteiger partial charge on any atom is 0.271 e. The van der Waals surface area contributed by atoms with Gasteiger partial charge in [0.05, 0.1) is 0 Å². The summed E-state index contributed by atoms with van der Waals surface area (Å²) in [5, 5.41) is 12.8. The molecular weight excluding hydrogens is 240 g/mol. The molecule has 0 radical (unpaired) electrons. The van der Waals surface area contributed by atoms with Gasteiger partial charge < -0.3 is 10.6 Å². The molecule has 1 atom stereocenters. The van der Waals surface area contributed by atoms with Crippen molar-refractivity contribution in [2.75, 3.05) is 13.6 Å².